The number of ketones is 1. The van der Waals surface area contributed by atoms with Gasteiger partial charge in [-0.15, -0.1) is 0 Å². The zero-order chi connectivity index (χ0) is 14.1. The minimum atomic E-state index is -0.383. The molecule has 0 saturated carbocycles. The van der Waals surface area contributed by atoms with Crippen molar-refractivity contribution < 1.29 is 9.53 Å². The molecule has 1 rings (SSSR count). The molecule has 18 heavy (non-hydrogen) atoms. The van der Waals surface area contributed by atoms with Crippen molar-refractivity contribution in [2.24, 2.45) is 0 Å². The van der Waals surface area contributed by atoms with Crippen molar-refractivity contribution >= 4 is 5.78 Å². The summed E-state index contributed by atoms with van der Waals surface area (Å²) in [5, 5.41) is 0. The second-order valence-electron chi connectivity index (χ2n) is 6.32. The van der Waals surface area contributed by atoms with Gasteiger partial charge < -0.3 is 4.74 Å². The number of carbonyl (C=O) groups is 1. The predicted octanol–water partition coefficient (Wildman–Crippen LogP) is 4.07. The van der Waals surface area contributed by atoms with Crippen LogP contribution in [0.3, 0.4) is 0 Å². The number of carbonyl (C=O) groups excluding carboxylic acids is 1. The molecule has 0 saturated heterocycles. The molecule has 1 aromatic rings. The van der Waals surface area contributed by atoms with Crippen molar-refractivity contribution in [3.05, 3.63) is 34.9 Å². The summed E-state index contributed by atoms with van der Waals surface area (Å²) < 4.78 is 5.51. The molecule has 0 unspecified atom stereocenters. The second kappa shape index (κ2) is 4.85. The number of hydrogen-bond acceptors (Lipinski definition) is 2. The molecule has 0 heterocycles. The van der Waals surface area contributed by atoms with Gasteiger partial charge in [0.1, 0.15) is 0 Å². The Kier molecular flexibility index (Phi) is 4.02. The SMILES string of the molecule is COC(C)(C)c1cc(C(C)=O)cc(C(C)(C)C)c1. The van der Waals surface area contributed by atoms with Gasteiger partial charge in [-0.3, -0.25) is 4.79 Å². The Labute approximate surface area is 110 Å². The molecule has 0 atom stereocenters. The van der Waals surface area contributed by atoms with E-state index in [2.05, 4.69) is 26.8 Å². The third-order valence-corrected chi connectivity index (χ3v) is 3.41. The fraction of sp³-hybridized carbons (Fsp3) is 0.562. The van der Waals surface area contributed by atoms with E-state index in [1.807, 2.05) is 26.0 Å². The van der Waals surface area contributed by atoms with Gasteiger partial charge in [0.15, 0.2) is 5.78 Å². The molecule has 0 amide bonds. The first-order valence-corrected chi connectivity index (χ1v) is 6.30. The standard InChI is InChI=1S/C16H24O2/c1-11(17)12-8-13(15(2,3)4)10-14(9-12)16(5,6)18-7/h8-10H,1-7H3. The summed E-state index contributed by atoms with van der Waals surface area (Å²) in [6, 6.07) is 6.05. The number of Topliss-reactive ketones (excluding diaryl/α,β-unsaturated/α-hetero) is 1. The molecule has 0 radical (unpaired) electrons. The molecule has 0 aromatic heterocycles. The van der Waals surface area contributed by atoms with Gasteiger partial charge >= 0.3 is 0 Å². The summed E-state index contributed by atoms with van der Waals surface area (Å²) in [6.07, 6.45) is 0. The zero-order valence-electron chi connectivity index (χ0n) is 12.5. The van der Waals surface area contributed by atoms with E-state index in [9.17, 15) is 4.79 Å². The predicted molar refractivity (Wildman–Crippen MR) is 75.2 cm³/mol. The summed E-state index contributed by atoms with van der Waals surface area (Å²) >= 11 is 0. The lowest BCUT2D eigenvalue weighted by Crippen LogP contribution is -2.22. The van der Waals surface area contributed by atoms with Crippen molar-refractivity contribution in [2.45, 2.75) is 52.6 Å². The molecule has 0 aliphatic heterocycles. The average Bonchev–Trinajstić information content (AvgIpc) is 2.27. The smallest absolute Gasteiger partial charge is 0.159 e. The molecule has 0 N–H and O–H groups in total. The summed E-state index contributed by atoms with van der Waals surface area (Å²) in [4.78, 5) is 11.7. The monoisotopic (exact) mass is 248 g/mol. The van der Waals surface area contributed by atoms with E-state index in [0.717, 1.165) is 16.7 Å². The highest BCUT2D eigenvalue weighted by Crippen LogP contribution is 2.31. The van der Waals surface area contributed by atoms with Gasteiger partial charge in [-0.05, 0) is 49.4 Å². The van der Waals surface area contributed by atoms with Crippen LogP contribution in [-0.2, 0) is 15.8 Å². The number of benzene rings is 1. The zero-order valence-corrected chi connectivity index (χ0v) is 12.5. The van der Waals surface area contributed by atoms with E-state index in [1.54, 1.807) is 14.0 Å². The molecule has 2 heteroatoms. The third-order valence-electron chi connectivity index (χ3n) is 3.41. The molecule has 2 nitrogen and oxygen atoms in total. The first kappa shape index (κ1) is 14.9. The highest BCUT2D eigenvalue weighted by molar-refractivity contribution is 5.94. The number of rotatable bonds is 3. The van der Waals surface area contributed by atoms with Crippen LogP contribution in [-0.4, -0.2) is 12.9 Å². The first-order chi connectivity index (χ1) is 8.08. The normalized spacial score (nSPS) is 12.6. The van der Waals surface area contributed by atoms with Gasteiger partial charge in [-0.2, -0.15) is 0 Å². The van der Waals surface area contributed by atoms with Crippen molar-refractivity contribution in [1.29, 1.82) is 0 Å². The van der Waals surface area contributed by atoms with E-state index < -0.39 is 0 Å². The van der Waals surface area contributed by atoms with Crippen LogP contribution in [0.1, 0.15) is 63.0 Å². The number of ether oxygens (including phenoxy) is 1. The highest BCUT2D eigenvalue weighted by Gasteiger charge is 2.24. The van der Waals surface area contributed by atoms with Crippen LogP contribution >= 0.6 is 0 Å². The molecule has 0 aliphatic rings. The summed E-state index contributed by atoms with van der Waals surface area (Å²) in [6.45, 7) is 12.1. The Morgan fingerprint density at radius 3 is 1.89 bits per heavy atom. The van der Waals surface area contributed by atoms with Gasteiger partial charge in [0, 0.05) is 12.7 Å². The molecule has 0 bridgehead atoms. The average molecular weight is 248 g/mol. The van der Waals surface area contributed by atoms with E-state index in [1.165, 1.54) is 0 Å². The lowest BCUT2D eigenvalue weighted by Gasteiger charge is -2.27. The largest absolute Gasteiger partial charge is 0.374 e. The Morgan fingerprint density at radius 2 is 1.50 bits per heavy atom. The Bertz CT molecular complexity index is 451. The van der Waals surface area contributed by atoms with Crippen LogP contribution in [0.2, 0.25) is 0 Å². The quantitative estimate of drug-likeness (QED) is 0.754. The summed E-state index contributed by atoms with van der Waals surface area (Å²) in [5.41, 5.74) is 2.59. The Morgan fingerprint density at radius 1 is 1.00 bits per heavy atom. The highest BCUT2D eigenvalue weighted by atomic mass is 16.5. The molecular formula is C16H24O2. The van der Waals surface area contributed by atoms with Gasteiger partial charge in [0.05, 0.1) is 5.60 Å². The van der Waals surface area contributed by atoms with Crippen LogP contribution < -0.4 is 0 Å². The maximum absolute atomic E-state index is 11.7. The maximum Gasteiger partial charge on any atom is 0.159 e. The molecule has 100 valence electrons. The van der Waals surface area contributed by atoms with Gasteiger partial charge in [-0.1, -0.05) is 26.8 Å². The number of hydrogen-bond donors (Lipinski definition) is 0. The minimum absolute atomic E-state index is 0.0179. The van der Waals surface area contributed by atoms with Crippen molar-refractivity contribution in [3.8, 4) is 0 Å². The summed E-state index contributed by atoms with van der Waals surface area (Å²) in [7, 11) is 1.69. The van der Waals surface area contributed by atoms with Crippen LogP contribution in [0, 0.1) is 0 Å². The minimum Gasteiger partial charge on any atom is -0.374 e. The molecule has 0 aliphatic carbocycles. The molecule has 0 spiro atoms. The van der Waals surface area contributed by atoms with E-state index in [-0.39, 0.29) is 16.8 Å². The van der Waals surface area contributed by atoms with Crippen LogP contribution in [0.5, 0.6) is 0 Å². The topological polar surface area (TPSA) is 26.3 Å². The van der Waals surface area contributed by atoms with E-state index >= 15 is 0 Å². The third kappa shape index (κ3) is 3.20. The molecule has 1 aromatic carbocycles. The van der Waals surface area contributed by atoms with Crippen LogP contribution in [0.15, 0.2) is 18.2 Å². The van der Waals surface area contributed by atoms with Crippen LogP contribution in [0.4, 0.5) is 0 Å². The molecular weight excluding hydrogens is 224 g/mol. The Hall–Kier alpha value is -1.15. The van der Waals surface area contributed by atoms with Crippen molar-refractivity contribution in [3.63, 3.8) is 0 Å². The maximum atomic E-state index is 11.7. The lowest BCUT2D eigenvalue weighted by atomic mass is 9.82. The fourth-order valence-electron chi connectivity index (χ4n) is 1.73. The van der Waals surface area contributed by atoms with Crippen LogP contribution in [0.25, 0.3) is 0 Å². The van der Waals surface area contributed by atoms with Crippen molar-refractivity contribution in [2.75, 3.05) is 7.11 Å². The van der Waals surface area contributed by atoms with E-state index in [0.29, 0.717) is 0 Å². The van der Waals surface area contributed by atoms with Gasteiger partial charge in [0.2, 0.25) is 0 Å². The number of methoxy groups -OCH3 is 1. The fourth-order valence-corrected chi connectivity index (χ4v) is 1.73. The van der Waals surface area contributed by atoms with E-state index in [4.69, 9.17) is 4.74 Å². The lowest BCUT2D eigenvalue weighted by molar-refractivity contribution is 0.0191. The van der Waals surface area contributed by atoms with Gasteiger partial charge in [-0.25, -0.2) is 0 Å². The first-order valence-electron chi connectivity index (χ1n) is 6.30. The van der Waals surface area contributed by atoms with Gasteiger partial charge in [0.25, 0.3) is 0 Å². The van der Waals surface area contributed by atoms with Crippen molar-refractivity contribution in [1.82, 2.24) is 0 Å². The Balaban J connectivity index is 3.46. The molecule has 0 fully saturated rings. The summed E-state index contributed by atoms with van der Waals surface area (Å²) in [5.74, 6) is 0.0919. The second-order valence-corrected chi connectivity index (χ2v) is 6.32.